The highest BCUT2D eigenvalue weighted by Gasteiger charge is 2.27. The van der Waals surface area contributed by atoms with Crippen LogP contribution in [0.1, 0.15) is 39.7 Å². The third kappa shape index (κ3) is 5.70. The second-order valence-corrected chi connectivity index (χ2v) is 5.94. The minimum atomic E-state index is -0.243. The summed E-state index contributed by atoms with van der Waals surface area (Å²) in [5, 5.41) is 3.36. The van der Waals surface area contributed by atoms with Gasteiger partial charge in [-0.3, -0.25) is 4.79 Å². The summed E-state index contributed by atoms with van der Waals surface area (Å²) in [6.07, 6.45) is 0.332. The molecule has 112 valence electrons. The third-order valence-electron chi connectivity index (χ3n) is 3.19. The third-order valence-corrected chi connectivity index (χ3v) is 3.19. The second kappa shape index (κ2) is 7.39. The summed E-state index contributed by atoms with van der Waals surface area (Å²) in [5.41, 5.74) is 0.928. The van der Waals surface area contributed by atoms with Gasteiger partial charge in [0.25, 0.3) is 0 Å². The maximum Gasteiger partial charge on any atom is 0.307 e. The Morgan fingerprint density at radius 3 is 2.40 bits per heavy atom. The molecule has 0 saturated carbocycles. The first-order valence-electron chi connectivity index (χ1n) is 6.96. The number of benzene rings is 1. The number of ether oxygens (including phenoxy) is 1. The molecule has 1 aromatic rings. The number of hydrogen-bond acceptors (Lipinski definition) is 3. The van der Waals surface area contributed by atoms with E-state index in [1.165, 1.54) is 12.1 Å². The van der Waals surface area contributed by atoms with Crippen LogP contribution in [0.3, 0.4) is 0 Å². The van der Waals surface area contributed by atoms with Gasteiger partial charge in [-0.1, -0.05) is 32.9 Å². The fourth-order valence-corrected chi connectivity index (χ4v) is 1.91. The van der Waals surface area contributed by atoms with E-state index in [0.717, 1.165) is 5.56 Å². The van der Waals surface area contributed by atoms with Gasteiger partial charge in [0.1, 0.15) is 5.82 Å². The van der Waals surface area contributed by atoms with Crippen LogP contribution in [0, 0.1) is 11.2 Å². The van der Waals surface area contributed by atoms with Gasteiger partial charge in [-0.05, 0) is 30.0 Å². The quantitative estimate of drug-likeness (QED) is 0.813. The second-order valence-electron chi connectivity index (χ2n) is 5.94. The van der Waals surface area contributed by atoms with E-state index in [9.17, 15) is 9.18 Å². The average Bonchev–Trinajstić information content (AvgIpc) is 2.35. The van der Waals surface area contributed by atoms with E-state index >= 15 is 0 Å². The molecule has 4 heteroatoms. The minimum Gasteiger partial charge on any atom is -0.466 e. The molecule has 1 aromatic carbocycles. The molecule has 0 aliphatic carbocycles. The first-order chi connectivity index (χ1) is 9.32. The lowest BCUT2D eigenvalue weighted by molar-refractivity contribution is -0.144. The van der Waals surface area contributed by atoms with Gasteiger partial charge in [0.05, 0.1) is 13.0 Å². The fourth-order valence-electron chi connectivity index (χ4n) is 1.91. The first-order valence-corrected chi connectivity index (χ1v) is 6.96. The van der Waals surface area contributed by atoms with E-state index < -0.39 is 0 Å². The van der Waals surface area contributed by atoms with E-state index in [1.807, 2.05) is 0 Å². The fraction of sp³-hybridized carbons (Fsp3) is 0.562. The van der Waals surface area contributed by atoms with Crippen molar-refractivity contribution >= 4 is 5.97 Å². The van der Waals surface area contributed by atoms with Crippen molar-refractivity contribution in [3.63, 3.8) is 0 Å². The highest BCUT2D eigenvalue weighted by molar-refractivity contribution is 5.70. The van der Waals surface area contributed by atoms with E-state index in [-0.39, 0.29) is 23.2 Å². The zero-order chi connectivity index (χ0) is 15.2. The van der Waals surface area contributed by atoms with Crippen LogP contribution < -0.4 is 5.32 Å². The zero-order valence-corrected chi connectivity index (χ0v) is 12.7. The van der Waals surface area contributed by atoms with Crippen LogP contribution in [-0.2, 0) is 16.1 Å². The Morgan fingerprint density at radius 2 is 1.90 bits per heavy atom. The van der Waals surface area contributed by atoms with Crippen LogP contribution in [-0.4, -0.2) is 18.6 Å². The van der Waals surface area contributed by atoms with Crippen LogP contribution in [0.5, 0.6) is 0 Å². The van der Waals surface area contributed by atoms with Crippen molar-refractivity contribution in [2.45, 2.75) is 46.7 Å². The molecule has 0 fully saturated rings. The Kier molecular flexibility index (Phi) is 6.14. The van der Waals surface area contributed by atoms with E-state index in [0.29, 0.717) is 19.6 Å². The Hall–Kier alpha value is -1.42. The smallest absolute Gasteiger partial charge is 0.307 e. The lowest BCUT2D eigenvalue weighted by Crippen LogP contribution is -2.41. The van der Waals surface area contributed by atoms with Crippen molar-refractivity contribution in [2.24, 2.45) is 5.41 Å². The number of halogens is 1. The Bertz CT molecular complexity index is 423. The molecule has 0 amide bonds. The standard InChI is InChI=1S/C16H24FNO2/c1-5-20-15(19)10-14(16(2,3)4)18-11-12-6-8-13(17)9-7-12/h6-9,14,18H,5,10-11H2,1-4H3. The first kappa shape index (κ1) is 16.6. The molecule has 20 heavy (non-hydrogen) atoms. The monoisotopic (exact) mass is 281 g/mol. The molecule has 1 N–H and O–H groups in total. The summed E-state index contributed by atoms with van der Waals surface area (Å²) in [6, 6.07) is 6.37. The van der Waals surface area contributed by atoms with Gasteiger partial charge >= 0.3 is 5.97 Å². The van der Waals surface area contributed by atoms with Crippen molar-refractivity contribution in [1.29, 1.82) is 0 Å². The molecular weight excluding hydrogens is 257 g/mol. The predicted molar refractivity (Wildman–Crippen MR) is 77.7 cm³/mol. The molecule has 0 radical (unpaired) electrons. The summed E-state index contributed by atoms with van der Waals surface area (Å²) in [7, 11) is 0. The predicted octanol–water partition coefficient (Wildman–Crippen LogP) is 3.28. The largest absolute Gasteiger partial charge is 0.466 e. The van der Waals surface area contributed by atoms with E-state index in [4.69, 9.17) is 4.74 Å². The van der Waals surface area contributed by atoms with Gasteiger partial charge in [-0.25, -0.2) is 4.39 Å². The Balaban J connectivity index is 2.61. The number of esters is 1. The molecule has 0 heterocycles. The summed E-state index contributed by atoms with van der Waals surface area (Å²) in [4.78, 5) is 11.6. The van der Waals surface area contributed by atoms with E-state index in [1.54, 1.807) is 19.1 Å². The molecule has 1 rings (SSSR count). The van der Waals surface area contributed by atoms with Crippen molar-refractivity contribution in [3.8, 4) is 0 Å². The molecular formula is C16H24FNO2. The zero-order valence-electron chi connectivity index (χ0n) is 12.7. The summed E-state index contributed by atoms with van der Waals surface area (Å²) < 4.78 is 17.9. The topological polar surface area (TPSA) is 38.3 Å². The van der Waals surface area contributed by atoms with Crippen LogP contribution >= 0.6 is 0 Å². The highest BCUT2D eigenvalue weighted by atomic mass is 19.1. The van der Waals surface area contributed by atoms with Crippen LogP contribution in [0.25, 0.3) is 0 Å². The van der Waals surface area contributed by atoms with Gasteiger partial charge in [0.2, 0.25) is 0 Å². The molecule has 0 bridgehead atoms. The molecule has 0 aliphatic rings. The maximum atomic E-state index is 12.8. The van der Waals surface area contributed by atoms with Crippen molar-refractivity contribution < 1.29 is 13.9 Å². The van der Waals surface area contributed by atoms with Crippen LogP contribution in [0.4, 0.5) is 4.39 Å². The average molecular weight is 281 g/mol. The molecule has 1 unspecified atom stereocenters. The lowest BCUT2D eigenvalue weighted by Gasteiger charge is -2.31. The minimum absolute atomic E-state index is 0.00611. The highest BCUT2D eigenvalue weighted by Crippen LogP contribution is 2.22. The van der Waals surface area contributed by atoms with Crippen molar-refractivity contribution in [2.75, 3.05) is 6.61 Å². The van der Waals surface area contributed by atoms with Crippen molar-refractivity contribution in [3.05, 3.63) is 35.6 Å². The molecule has 1 atom stereocenters. The molecule has 0 spiro atoms. The molecule has 0 aliphatic heterocycles. The lowest BCUT2D eigenvalue weighted by atomic mass is 9.84. The molecule has 0 aromatic heterocycles. The van der Waals surface area contributed by atoms with Crippen LogP contribution in [0.15, 0.2) is 24.3 Å². The summed E-state index contributed by atoms with van der Waals surface area (Å²) in [6.45, 7) is 9.03. The summed E-state index contributed by atoms with van der Waals surface area (Å²) in [5.74, 6) is -0.438. The number of carbonyl (C=O) groups excluding carboxylic acids is 1. The number of nitrogens with one attached hydrogen (secondary N) is 1. The Labute approximate surface area is 120 Å². The number of rotatable bonds is 6. The van der Waals surface area contributed by atoms with Crippen molar-refractivity contribution in [1.82, 2.24) is 5.32 Å². The number of hydrogen-bond donors (Lipinski definition) is 1. The SMILES string of the molecule is CCOC(=O)CC(NCc1ccc(F)cc1)C(C)(C)C. The molecule has 0 saturated heterocycles. The normalized spacial score (nSPS) is 13.1. The van der Waals surface area contributed by atoms with Gasteiger partial charge in [0.15, 0.2) is 0 Å². The van der Waals surface area contributed by atoms with Gasteiger partial charge < -0.3 is 10.1 Å². The van der Waals surface area contributed by atoms with Gasteiger partial charge in [-0.2, -0.15) is 0 Å². The maximum absolute atomic E-state index is 12.8. The van der Waals surface area contributed by atoms with Crippen LogP contribution in [0.2, 0.25) is 0 Å². The van der Waals surface area contributed by atoms with Gasteiger partial charge in [-0.15, -0.1) is 0 Å². The summed E-state index contributed by atoms with van der Waals surface area (Å²) >= 11 is 0. The molecule has 3 nitrogen and oxygen atoms in total. The van der Waals surface area contributed by atoms with E-state index in [2.05, 4.69) is 26.1 Å². The number of carbonyl (C=O) groups is 1. The Morgan fingerprint density at radius 1 is 1.30 bits per heavy atom. The van der Waals surface area contributed by atoms with Gasteiger partial charge in [0, 0.05) is 12.6 Å².